The molecule has 2 heterocycles. The lowest BCUT2D eigenvalue weighted by Gasteiger charge is -2.31. The number of rotatable bonds is 7. The number of halogens is 6. The molecule has 0 unspecified atom stereocenters. The Morgan fingerprint density at radius 3 is 2.42 bits per heavy atom. The van der Waals surface area contributed by atoms with Crippen LogP contribution in [0.5, 0.6) is 0 Å². The minimum absolute atomic E-state index is 0.00893. The van der Waals surface area contributed by atoms with Crippen LogP contribution < -0.4 is 10.6 Å². The predicted octanol–water partition coefficient (Wildman–Crippen LogP) is 4.56. The second kappa shape index (κ2) is 11.7. The number of nitrogens with zero attached hydrogens (tertiary/aromatic N) is 2. The number of amidine groups is 1. The lowest BCUT2D eigenvalue weighted by Crippen LogP contribution is -2.39. The first-order chi connectivity index (χ1) is 17.5. The summed E-state index contributed by atoms with van der Waals surface area (Å²) in [6, 6.07) is 1.70. The standard InChI is InChI=1S/C24H28F6N4O3S/c1-22(2,37)13-32-19(35)11-31-20-18(38-21(36)33-20)9-14-5-7-34(8-6-14)12-15-3-4-16(23(25,26)27)10-17(15)24(28,29)30/h3-4,9-10,14,37H,5-8,11-13H2,1-2H3,(H,32,35)(H,31,33,36). The zero-order chi connectivity index (χ0) is 28.3. The van der Waals surface area contributed by atoms with Crippen LogP contribution in [0.4, 0.5) is 31.1 Å². The number of amides is 2. The number of alkyl halides is 6. The molecule has 7 nitrogen and oxygen atoms in total. The van der Waals surface area contributed by atoms with Gasteiger partial charge in [-0.3, -0.25) is 19.5 Å². The Labute approximate surface area is 219 Å². The summed E-state index contributed by atoms with van der Waals surface area (Å²) in [7, 11) is 0. The number of thioether (sulfide) groups is 1. The maximum Gasteiger partial charge on any atom is 0.416 e. The molecular formula is C24H28F6N4O3S. The smallest absolute Gasteiger partial charge is 0.389 e. The molecule has 0 aromatic heterocycles. The van der Waals surface area contributed by atoms with E-state index < -0.39 is 35.0 Å². The highest BCUT2D eigenvalue weighted by Gasteiger charge is 2.38. The van der Waals surface area contributed by atoms with Crippen LogP contribution in [-0.4, -0.2) is 58.8 Å². The predicted molar refractivity (Wildman–Crippen MR) is 130 cm³/mol. The summed E-state index contributed by atoms with van der Waals surface area (Å²) in [5, 5.41) is 14.4. The van der Waals surface area contributed by atoms with Crippen molar-refractivity contribution in [2.75, 3.05) is 26.2 Å². The number of carbonyl (C=O) groups excluding carboxylic acids is 2. The molecule has 3 rings (SSSR count). The molecule has 0 aliphatic carbocycles. The number of benzene rings is 1. The van der Waals surface area contributed by atoms with E-state index in [1.165, 1.54) is 13.8 Å². The third kappa shape index (κ3) is 8.73. The summed E-state index contributed by atoms with van der Waals surface area (Å²) in [6.45, 7) is 3.54. The Morgan fingerprint density at radius 1 is 1.18 bits per heavy atom. The molecule has 1 aromatic carbocycles. The van der Waals surface area contributed by atoms with E-state index in [2.05, 4.69) is 15.6 Å². The van der Waals surface area contributed by atoms with Crippen LogP contribution in [0.15, 0.2) is 34.2 Å². The third-order valence-corrected chi connectivity index (χ3v) is 6.75. The number of nitrogens with one attached hydrogen (secondary N) is 2. The Hall–Kier alpha value is -2.58. The van der Waals surface area contributed by atoms with E-state index in [-0.39, 0.29) is 48.3 Å². The van der Waals surface area contributed by atoms with Crippen molar-refractivity contribution < 1.29 is 41.0 Å². The van der Waals surface area contributed by atoms with Crippen LogP contribution in [-0.2, 0) is 23.7 Å². The molecule has 2 aliphatic rings. The fraction of sp³-hybridized carbons (Fsp3) is 0.542. The second-order valence-corrected chi connectivity index (χ2v) is 10.8. The van der Waals surface area contributed by atoms with Crippen molar-refractivity contribution in [3.05, 3.63) is 45.9 Å². The molecule has 0 saturated carbocycles. The monoisotopic (exact) mass is 566 g/mol. The van der Waals surface area contributed by atoms with Gasteiger partial charge in [0.2, 0.25) is 5.91 Å². The van der Waals surface area contributed by atoms with Crippen molar-refractivity contribution in [1.82, 2.24) is 15.5 Å². The number of aliphatic imine (C=N–C) groups is 1. The summed E-state index contributed by atoms with van der Waals surface area (Å²) in [5.74, 6) is -0.189. The molecule has 0 bridgehead atoms. The maximum atomic E-state index is 13.5. The normalized spacial score (nSPS) is 20.3. The molecule has 0 spiro atoms. The Kier molecular flexibility index (Phi) is 9.20. The van der Waals surface area contributed by atoms with E-state index in [9.17, 15) is 41.0 Å². The van der Waals surface area contributed by atoms with E-state index in [4.69, 9.17) is 0 Å². The van der Waals surface area contributed by atoms with Gasteiger partial charge in [-0.15, -0.1) is 0 Å². The zero-order valence-electron chi connectivity index (χ0n) is 20.7. The van der Waals surface area contributed by atoms with Crippen molar-refractivity contribution in [2.45, 2.75) is 51.2 Å². The lowest BCUT2D eigenvalue weighted by atomic mass is 9.95. The first-order valence-electron chi connectivity index (χ1n) is 11.8. The first kappa shape index (κ1) is 30.0. The largest absolute Gasteiger partial charge is 0.416 e. The Balaban J connectivity index is 1.62. The summed E-state index contributed by atoms with van der Waals surface area (Å²) < 4.78 is 79.2. The molecular weight excluding hydrogens is 538 g/mol. The molecule has 2 fully saturated rings. The van der Waals surface area contributed by atoms with Crippen LogP contribution in [0.2, 0.25) is 0 Å². The SMILES string of the molecule is CC(C)(O)CNC(=O)CN=C1NC(=O)SC1=CC1CCN(Cc2ccc(C(F)(F)F)cc2C(F)(F)F)CC1. The van der Waals surface area contributed by atoms with Gasteiger partial charge in [0.05, 0.1) is 21.6 Å². The van der Waals surface area contributed by atoms with Crippen molar-refractivity contribution in [1.29, 1.82) is 0 Å². The molecule has 1 aromatic rings. The summed E-state index contributed by atoms with van der Waals surface area (Å²) in [4.78, 5) is 30.3. The van der Waals surface area contributed by atoms with Crippen LogP contribution in [0.25, 0.3) is 0 Å². The van der Waals surface area contributed by atoms with Crippen LogP contribution in [0.1, 0.15) is 43.4 Å². The van der Waals surface area contributed by atoms with Gasteiger partial charge in [0.25, 0.3) is 5.24 Å². The van der Waals surface area contributed by atoms with Gasteiger partial charge in [-0.05, 0) is 75.2 Å². The quantitative estimate of drug-likeness (QED) is 0.421. The lowest BCUT2D eigenvalue weighted by molar-refractivity contribution is -0.143. The van der Waals surface area contributed by atoms with Crippen LogP contribution in [0, 0.1) is 5.92 Å². The highest BCUT2D eigenvalue weighted by molar-refractivity contribution is 8.18. The number of piperidine rings is 1. The summed E-state index contributed by atoms with van der Waals surface area (Å²) >= 11 is 0.926. The van der Waals surface area contributed by atoms with Crippen molar-refractivity contribution >= 4 is 28.7 Å². The molecule has 38 heavy (non-hydrogen) atoms. The van der Waals surface area contributed by atoms with Gasteiger partial charge in [-0.2, -0.15) is 26.3 Å². The van der Waals surface area contributed by atoms with E-state index in [1.54, 1.807) is 4.90 Å². The van der Waals surface area contributed by atoms with Gasteiger partial charge in [-0.1, -0.05) is 12.1 Å². The van der Waals surface area contributed by atoms with Crippen LogP contribution in [0.3, 0.4) is 0 Å². The van der Waals surface area contributed by atoms with Gasteiger partial charge in [-0.25, -0.2) is 0 Å². The van der Waals surface area contributed by atoms with E-state index >= 15 is 0 Å². The molecule has 0 atom stereocenters. The molecule has 210 valence electrons. The number of aliphatic hydroxyl groups is 1. The maximum absolute atomic E-state index is 13.5. The van der Waals surface area contributed by atoms with Crippen molar-refractivity contribution in [3.63, 3.8) is 0 Å². The fourth-order valence-corrected chi connectivity index (χ4v) is 4.79. The van der Waals surface area contributed by atoms with Gasteiger partial charge < -0.3 is 15.7 Å². The molecule has 14 heteroatoms. The minimum atomic E-state index is -4.92. The van der Waals surface area contributed by atoms with Crippen LogP contribution >= 0.6 is 11.8 Å². The zero-order valence-corrected chi connectivity index (χ0v) is 21.5. The number of hydrogen-bond acceptors (Lipinski definition) is 6. The number of likely N-dealkylation sites (tertiary alicyclic amines) is 1. The Morgan fingerprint density at radius 2 is 1.84 bits per heavy atom. The van der Waals surface area contributed by atoms with Gasteiger partial charge >= 0.3 is 12.4 Å². The van der Waals surface area contributed by atoms with Crippen molar-refractivity contribution in [2.24, 2.45) is 10.9 Å². The topological polar surface area (TPSA) is 94.0 Å². The average Bonchev–Trinajstić information content (AvgIpc) is 3.14. The molecule has 3 N–H and O–H groups in total. The Bertz CT molecular complexity index is 1100. The highest BCUT2D eigenvalue weighted by Crippen LogP contribution is 2.38. The summed E-state index contributed by atoms with van der Waals surface area (Å²) in [6.07, 6.45) is -6.84. The highest BCUT2D eigenvalue weighted by atomic mass is 32.2. The molecule has 2 amide bonds. The number of allylic oxidation sites excluding steroid dienone is 1. The van der Waals surface area contributed by atoms with E-state index in [1.807, 2.05) is 6.08 Å². The fourth-order valence-electron chi connectivity index (χ4n) is 3.97. The second-order valence-electron chi connectivity index (χ2n) is 9.78. The first-order valence-corrected chi connectivity index (χ1v) is 12.6. The molecule has 2 saturated heterocycles. The van der Waals surface area contributed by atoms with E-state index in [0.717, 1.165) is 17.8 Å². The van der Waals surface area contributed by atoms with Gasteiger partial charge in [0.15, 0.2) is 0 Å². The molecule has 2 aliphatic heterocycles. The summed E-state index contributed by atoms with van der Waals surface area (Å²) in [5.41, 5.74) is -3.94. The van der Waals surface area contributed by atoms with Gasteiger partial charge in [0.1, 0.15) is 12.4 Å². The minimum Gasteiger partial charge on any atom is -0.389 e. The molecule has 0 radical (unpaired) electrons. The number of hydrogen-bond donors (Lipinski definition) is 3. The number of carbonyl (C=O) groups is 2. The van der Waals surface area contributed by atoms with E-state index in [0.29, 0.717) is 36.9 Å². The average molecular weight is 567 g/mol. The van der Waals surface area contributed by atoms with Gasteiger partial charge in [0, 0.05) is 13.1 Å². The van der Waals surface area contributed by atoms with Crippen molar-refractivity contribution in [3.8, 4) is 0 Å². The third-order valence-electron chi connectivity index (χ3n) is 5.91.